The summed E-state index contributed by atoms with van der Waals surface area (Å²) in [7, 11) is 0. The molecule has 94 valence electrons. The number of aryl methyl sites for hydroxylation is 2. The largest absolute Gasteiger partial charge is 0.361 e. The van der Waals surface area contributed by atoms with Crippen LogP contribution in [0, 0.1) is 6.92 Å². The molecular formula is C15H18N2O. The predicted molar refractivity (Wildman–Crippen MR) is 70.3 cm³/mol. The van der Waals surface area contributed by atoms with Crippen LogP contribution >= 0.6 is 0 Å². The van der Waals surface area contributed by atoms with Crippen molar-refractivity contribution in [2.75, 3.05) is 0 Å². The smallest absolute Gasteiger partial charge is 0.133 e. The number of hydrogen-bond donors (Lipinski definition) is 1. The Labute approximate surface area is 107 Å². The van der Waals surface area contributed by atoms with Crippen molar-refractivity contribution in [2.24, 2.45) is 0 Å². The van der Waals surface area contributed by atoms with Crippen LogP contribution in [-0.2, 0) is 19.4 Å². The Kier molecular flexibility index (Phi) is 3.15. The fraction of sp³-hybridized carbons (Fsp3) is 0.400. The average molecular weight is 242 g/mol. The van der Waals surface area contributed by atoms with Crippen molar-refractivity contribution in [3.8, 4) is 0 Å². The second kappa shape index (κ2) is 4.94. The molecule has 0 saturated heterocycles. The molecule has 1 heterocycles. The van der Waals surface area contributed by atoms with Crippen LogP contribution < -0.4 is 5.32 Å². The van der Waals surface area contributed by atoms with Gasteiger partial charge in [-0.25, -0.2) is 0 Å². The number of rotatable bonds is 3. The predicted octanol–water partition coefficient (Wildman–Crippen LogP) is 2.63. The molecule has 18 heavy (non-hydrogen) atoms. The highest BCUT2D eigenvalue weighted by atomic mass is 16.5. The van der Waals surface area contributed by atoms with Crippen molar-refractivity contribution in [1.29, 1.82) is 0 Å². The lowest BCUT2D eigenvalue weighted by Gasteiger charge is -2.25. The molecule has 3 rings (SSSR count). The van der Waals surface area contributed by atoms with Gasteiger partial charge in [0.2, 0.25) is 0 Å². The summed E-state index contributed by atoms with van der Waals surface area (Å²) in [6.45, 7) is 2.72. The van der Waals surface area contributed by atoms with E-state index in [0.29, 0.717) is 6.04 Å². The second-order valence-corrected chi connectivity index (χ2v) is 5.02. The maximum Gasteiger partial charge on any atom is 0.133 e. The van der Waals surface area contributed by atoms with E-state index in [9.17, 15) is 0 Å². The van der Waals surface area contributed by atoms with E-state index in [1.807, 2.05) is 13.0 Å². The molecule has 1 atom stereocenters. The molecule has 1 aliphatic rings. The summed E-state index contributed by atoms with van der Waals surface area (Å²) in [5.41, 5.74) is 3.98. The van der Waals surface area contributed by atoms with E-state index in [4.69, 9.17) is 4.52 Å². The van der Waals surface area contributed by atoms with E-state index in [1.165, 1.54) is 24.0 Å². The van der Waals surface area contributed by atoms with Gasteiger partial charge in [-0.15, -0.1) is 0 Å². The highest BCUT2D eigenvalue weighted by molar-refractivity contribution is 5.30. The number of nitrogens with zero attached hydrogens (tertiary/aromatic N) is 1. The lowest BCUT2D eigenvalue weighted by molar-refractivity contribution is 0.382. The van der Waals surface area contributed by atoms with E-state index in [2.05, 4.69) is 34.7 Å². The van der Waals surface area contributed by atoms with Crippen molar-refractivity contribution in [3.63, 3.8) is 0 Å². The Morgan fingerprint density at radius 2 is 2.17 bits per heavy atom. The molecule has 0 bridgehead atoms. The van der Waals surface area contributed by atoms with Gasteiger partial charge in [-0.05, 0) is 37.3 Å². The third kappa shape index (κ3) is 2.46. The van der Waals surface area contributed by atoms with Crippen molar-refractivity contribution in [3.05, 3.63) is 52.9 Å². The number of nitrogens with one attached hydrogen (secondary N) is 1. The van der Waals surface area contributed by atoms with Gasteiger partial charge >= 0.3 is 0 Å². The third-order valence-electron chi connectivity index (χ3n) is 3.60. The highest BCUT2D eigenvalue weighted by Crippen LogP contribution is 2.21. The first kappa shape index (κ1) is 11.5. The summed E-state index contributed by atoms with van der Waals surface area (Å²) in [4.78, 5) is 0. The van der Waals surface area contributed by atoms with Crippen LogP contribution in [0.15, 0.2) is 34.9 Å². The maximum absolute atomic E-state index is 5.07. The standard InChI is InChI=1S/C15H18N2O/c1-11-8-15(17-18-11)10-16-14-7-6-12-4-2-3-5-13(12)9-14/h2-5,8,14,16H,6-7,9-10H2,1H3. The van der Waals surface area contributed by atoms with Gasteiger partial charge in [-0.3, -0.25) is 0 Å². The summed E-state index contributed by atoms with van der Waals surface area (Å²) >= 11 is 0. The average Bonchev–Trinajstić information content (AvgIpc) is 2.82. The lowest BCUT2D eigenvalue weighted by atomic mass is 9.88. The van der Waals surface area contributed by atoms with Crippen LogP contribution in [0.3, 0.4) is 0 Å². The fourth-order valence-corrected chi connectivity index (χ4v) is 2.62. The van der Waals surface area contributed by atoms with E-state index in [0.717, 1.165) is 24.4 Å². The zero-order chi connectivity index (χ0) is 12.4. The Balaban J connectivity index is 1.59. The monoisotopic (exact) mass is 242 g/mol. The minimum Gasteiger partial charge on any atom is -0.361 e. The lowest BCUT2D eigenvalue weighted by Crippen LogP contribution is -2.34. The zero-order valence-electron chi connectivity index (χ0n) is 10.6. The van der Waals surface area contributed by atoms with E-state index >= 15 is 0 Å². The molecule has 1 aromatic heterocycles. The SMILES string of the molecule is Cc1cc(CNC2CCc3ccccc3C2)no1. The molecule has 0 fully saturated rings. The normalized spacial score (nSPS) is 18.6. The molecule has 1 N–H and O–H groups in total. The Morgan fingerprint density at radius 1 is 1.33 bits per heavy atom. The van der Waals surface area contributed by atoms with Gasteiger partial charge in [0.05, 0.1) is 5.69 Å². The molecule has 0 saturated carbocycles. The summed E-state index contributed by atoms with van der Waals surface area (Å²) < 4.78 is 5.07. The topological polar surface area (TPSA) is 38.1 Å². The molecule has 3 nitrogen and oxygen atoms in total. The van der Waals surface area contributed by atoms with Gasteiger partial charge in [-0.1, -0.05) is 29.4 Å². The molecule has 0 aliphatic heterocycles. The molecule has 0 radical (unpaired) electrons. The third-order valence-corrected chi connectivity index (χ3v) is 3.60. The molecule has 3 heteroatoms. The summed E-state index contributed by atoms with van der Waals surface area (Å²) in [6.07, 6.45) is 3.49. The Bertz CT molecular complexity index is 533. The fourth-order valence-electron chi connectivity index (χ4n) is 2.62. The second-order valence-electron chi connectivity index (χ2n) is 5.02. The van der Waals surface area contributed by atoms with Crippen LogP contribution in [0.25, 0.3) is 0 Å². The number of benzene rings is 1. The van der Waals surface area contributed by atoms with Gasteiger partial charge in [0.1, 0.15) is 5.76 Å². The summed E-state index contributed by atoms with van der Waals surface area (Å²) in [5, 5.41) is 7.58. The minimum atomic E-state index is 0.553. The first-order valence-electron chi connectivity index (χ1n) is 6.53. The zero-order valence-corrected chi connectivity index (χ0v) is 10.6. The molecule has 0 amide bonds. The summed E-state index contributed by atoms with van der Waals surface area (Å²) in [6, 6.07) is 11.3. The minimum absolute atomic E-state index is 0.553. The van der Waals surface area contributed by atoms with Crippen LogP contribution in [0.1, 0.15) is 29.0 Å². The van der Waals surface area contributed by atoms with Crippen LogP contribution in [0.5, 0.6) is 0 Å². The van der Waals surface area contributed by atoms with E-state index < -0.39 is 0 Å². The van der Waals surface area contributed by atoms with Gasteiger partial charge in [0.25, 0.3) is 0 Å². The Hall–Kier alpha value is -1.61. The van der Waals surface area contributed by atoms with Crippen LogP contribution in [0.4, 0.5) is 0 Å². The van der Waals surface area contributed by atoms with Crippen LogP contribution in [-0.4, -0.2) is 11.2 Å². The van der Waals surface area contributed by atoms with Gasteiger partial charge in [0, 0.05) is 18.7 Å². The molecule has 1 unspecified atom stereocenters. The van der Waals surface area contributed by atoms with Crippen molar-refractivity contribution >= 4 is 0 Å². The van der Waals surface area contributed by atoms with Gasteiger partial charge in [0.15, 0.2) is 0 Å². The molecule has 0 spiro atoms. The van der Waals surface area contributed by atoms with Gasteiger partial charge in [-0.2, -0.15) is 0 Å². The quantitative estimate of drug-likeness (QED) is 0.899. The molecule has 2 aromatic rings. The first-order chi connectivity index (χ1) is 8.81. The van der Waals surface area contributed by atoms with Gasteiger partial charge < -0.3 is 9.84 Å². The number of fused-ring (bicyclic) bond motifs is 1. The van der Waals surface area contributed by atoms with Crippen molar-refractivity contribution < 1.29 is 4.52 Å². The maximum atomic E-state index is 5.07. The van der Waals surface area contributed by atoms with Crippen LogP contribution in [0.2, 0.25) is 0 Å². The first-order valence-corrected chi connectivity index (χ1v) is 6.53. The summed E-state index contributed by atoms with van der Waals surface area (Å²) in [5.74, 6) is 0.876. The number of hydrogen-bond acceptors (Lipinski definition) is 3. The highest BCUT2D eigenvalue weighted by Gasteiger charge is 2.17. The van der Waals surface area contributed by atoms with E-state index in [1.54, 1.807) is 0 Å². The Morgan fingerprint density at radius 3 is 2.94 bits per heavy atom. The molecular weight excluding hydrogens is 224 g/mol. The molecule has 1 aromatic carbocycles. The molecule has 1 aliphatic carbocycles. The number of aromatic nitrogens is 1. The van der Waals surface area contributed by atoms with E-state index in [-0.39, 0.29) is 0 Å². The van der Waals surface area contributed by atoms with Crippen molar-refractivity contribution in [1.82, 2.24) is 10.5 Å². The van der Waals surface area contributed by atoms with Crippen molar-refractivity contribution in [2.45, 2.75) is 38.8 Å².